The lowest BCUT2D eigenvalue weighted by molar-refractivity contribution is 0.759. The Morgan fingerprint density at radius 2 is 0.911 bits per heavy atom. The van der Waals surface area contributed by atoms with Crippen LogP contribution in [0.3, 0.4) is 0 Å². The highest BCUT2D eigenvalue weighted by molar-refractivity contribution is 6.42. The number of anilines is 2. The van der Waals surface area contributed by atoms with Crippen LogP contribution in [0.15, 0.2) is 158 Å². The fourth-order valence-electron chi connectivity index (χ4n) is 8.72. The lowest BCUT2D eigenvalue weighted by atomic mass is 9.60. The van der Waals surface area contributed by atoms with E-state index in [2.05, 4.69) is 170 Å². The summed E-state index contributed by atoms with van der Waals surface area (Å²) < 4.78 is 0. The molecule has 0 N–H and O–H groups in total. The Hall–Kier alpha value is -5.66. The fraction of sp³-hybridized carbons (Fsp3) is 0.0455. The topological polar surface area (TPSA) is 3.24 Å². The van der Waals surface area contributed by atoms with Gasteiger partial charge in [-0.25, -0.2) is 0 Å². The molecule has 0 radical (unpaired) electrons. The minimum Gasteiger partial charge on any atom is -0.344 e. The molecular weight excluding hydrogens is 542 g/mol. The number of rotatable bonds is 4. The average Bonchev–Trinajstić information content (AvgIpc) is 3.12. The molecule has 0 aromatic heterocycles. The molecule has 1 heteroatoms. The van der Waals surface area contributed by atoms with E-state index in [0.717, 1.165) is 0 Å². The molecule has 0 fully saturated rings. The first-order chi connectivity index (χ1) is 22.3. The molecule has 9 aromatic carbocycles. The van der Waals surface area contributed by atoms with E-state index < -0.39 is 5.41 Å². The number of fused-ring (bicyclic) bond motifs is 1. The van der Waals surface area contributed by atoms with Crippen LogP contribution in [0.4, 0.5) is 11.4 Å². The summed E-state index contributed by atoms with van der Waals surface area (Å²) in [4.78, 5) is 2.39. The van der Waals surface area contributed by atoms with Gasteiger partial charge in [-0.2, -0.15) is 0 Å². The van der Waals surface area contributed by atoms with Crippen molar-refractivity contribution in [3.8, 4) is 0 Å². The first-order valence-electron chi connectivity index (χ1n) is 15.8. The Labute approximate surface area is 261 Å². The van der Waals surface area contributed by atoms with E-state index in [1.54, 1.807) is 0 Å². The molecule has 0 atom stereocenters. The maximum atomic E-state index is 2.42. The molecule has 0 amide bonds. The lowest BCUT2D eigenvalue weighted by Gasteiger charge is -2.42. The van der Waals surface area contributed by atoms with Crippen LogP contribution in [0.1, 0.15) is 22.3 Å². The Morgan fingerprint density at radius 3 is 1.60 bits per heavy atom. The molecule has 0 bridgehead atoms. The Kier molecular flexibility index (Phi) is 4.91. The third-order valence-corrected chi connectivity index (χ3v) is 10.4. The van der Waals surface area contributed by atoms with E-state index >= 15 is 0 Å². The molecule has 0 saturated carbocycles. The van der Waals surface area contributed by atoms with Crippen LogP contribution >= 0.6 is 0 Å². The Balaban J connectivity index is 1.54. The normalized spacial score (nSPS) is 13.6. The van der Waals surface area contributed by atoms with Gasteiger partial charge in [0, 0.05) is 28.9 Å². The van der Waals surface area contributed by atoms with Gasteiger partial charge in [-0.1, -0.05) is 146 Å². The monoisotopic (exact) mass is 571 g/mol. The standard InChI is InChI=1S/C44H29N/c1-45(31-19-9-4-10-20-31)43-34-23-12-22-33-32-21-11-14-28-26-27-37-41(38(28)32)42(39(33)34)40-35(43)24-13-25-36(40)44(37,29-15-5-2-6-16-29)30-17-7-3-8-18-30/h2-27H,1H3. The molecule has 0 unspecified atom stereocenters. The summed E-state index contributed by atoms with van der Waals surface area (Å²) >= 11 is 0. The zero-order valence-electron chi connectivity index (χ0n) is 25.0. The summed E-state index contributed by atoms with van der Waals surface area (Å²) in [6, 6.07) is 58.7. The maximum absolute atomic E-state index is 2.42. The van der Waals surface area contributed by atoms with E-state index in [1.165, 1.54) is 87.5 Å². The minimum absolute atomic E-state index is 0.492. The molecule has 0 heterocycles. The van der Waals surface area contributed by atoms with Crippen molar-refractivity contribution in [2.24, 2.45) is 0 Å². The molecule has 9 aromatic rings. The quantitative estimate of drug-likeness (QED) is 0.150. The van der Waals surface area contributed by atoms with E-state index in [4.69, 9.17) is 0 Å². The van der Waals surface area contributed by atoms with Crippen molar-refractivity contribution >= 4 is 65.2 Å². The molecule has 210 valence electrons. The fourth-order valence-corrected chi connectivity index (χ4v) is 8.72. The molecule has 1 nitrogen and oxygen atoms in total. The van der Waals surface area contributed by atoms with Crippen molar-refractivity contribution in [3.63, 3.8) is 0 Å². The van der Waals surface area contributed by atoms with Gasteiger partial charge in [0.2, 0.25) is 0 Å². The van der Waals surface area contributed by atoms with Gasteiger partial charge >= 0.3 is 0 Å². The lowest BCUT2D eigenvalue weighted by Crippen LogP contribution is -2.33. The van der Waals surface area contributed by atoms with Crippen molar-refractivity contribution in [1.29, 1.82) is 0 Å². The first-order valence-corrected chi connectivity index (χ1v) is 15.8. The Bertz CT molecular complexity index is 2540. The number of nitrogens with zero attached hydrogens (tertiary/aromatic N) is 1. The predicted octanol–water partition coefficient (Wildman–Crippen LogP) is 11.4. The maximum Gasteiger partial charge on any atom is 0.0714 e. The third-order valence-electron chi connectivity index (χ3n) is 10.4. The summed E-state index contributed by atoms with van der Waals surface area (Å²) in [5, 5.41) is 13.4. The van der Waals surface area contributed by atoms with Crippen LogP contribution in [0, 0.1) is 0 Å². The van der Waals surface area contributed by atoms with Crippen LogP contribution < -0.4 is 4.90 Å². The smallest absolute Gasteiger partial charge is 0.0714 e. The van der Waals surface area contributed by atoms with Gasteiger partial charge in [-0.05, 0) is 72.1 Å². The van der Waals surface area contributed by atoms with Crippen molar-refractivity contribution in [1.82, 2.24) is 0 Å². The highest BCUT2D eigenvalue weighted by Gasteiger charge is 2.44. The van der Waals surface area contributed by atoms with Crippen LogP contribution in [-0.4, -0.2) is 7.05 Å². The predicted molar refractivity (Wildman–Crippen MR) is 192 cm³/mol. The first kappa shape index (κ1) is 24.7. The largest absolute Gasteiger partial charge is 0.344 e. The molecular formula is C44H29N. The number of hydrogen-bond donors (Lipinski definition) is 0. The number of para-hydroxylation sites is 1. The molecule has 1 aliphatic carbocycles. The van der Waals surface area contributed by atoms with Gasteiger partial charge in [0.25, 0.3) is 0 Å². The van der Waals surface area contributed by atoms with Gasteiger partial charge in [0.05, 0.1) is 11.1 Å². The number of hydrogen-bond acceptors (Lipinski definition) is 1. The second kappa shape index (κ2) is 8.94. The Morgan fingerprint density at radius 1 is 0.378 bits per heavy atom. The van der Waals surface area contributed by atoms with Crippen LogP contribution in [-0.2, 0) is 5.41 Å². The number of benzene rings is 9. The van der Waals surface area contributed by atoms with Crippen LogP contribution in [0.2, 0.25) is 0 Å². The van der Waals surface area contributed by atoms with E-state index in [9.17, 15) is 0 Å². The zero-order valence-corrected chi connectivity index (χ0v) is 25.0. The highest BCUT2D eigenvalue weighted by Crippen LogP contribution is 2.59. The van der Waals surface area contributed by atoms with Gasteiger partial charge < -0.3 is 4.90 Å². The molecule has 1 aliphatic rings. The van der Waals surface area contributed by atoms with Crippen LogP contribution in [0.25, 0.3) is 53.9 Å². The summed E-state index contributed by atoms with van der Waals surface area (Å²) in [6.07, 6.45) is 0. The van der Waals surface area contributed by atoms with Crippen LogP contribution in [0.5, 0.6) is 0 Å². The zero-order chi connectivity index (χ0) is 29.7. The van der Waals surface area contributed by atoms with Crippen molar-refractivity contribution in [3.05, 3.63) is 180 Å². The molecule has 0 aliphatic heterocycles. The third kappa shape index (κ3) is 3.03. The van der Waals surface area contributed by atoms with Gasteiger partial charge in [-0.3, -0.25) is 0 Å². The average molecular weight is 572 g/mol. The van der Waals surface area contributed by atoms with Crippen molar-refractivity contribution < 1.29 is 0 Å². The van der Waals surface area contributed by atoms with Gasteiger partial charge in [0.1, 0.15) is 0 Å². The molecule has 0 spiro atoms. The second-order valence-electron chi connectivity index (χ2n) is 12.4. The SMILES string of the molecule is CN(c1ccccc1)c1c2cccc3c2c2c4c(ccc5cccc(c6cccc1c62)c54)C3(c1ccccc1)c1ccccc1. The van der Waals surface area contributed by atoms with Crippen molar-refractivity contribution in [2.75, 3.05) is 11.9 Å². The van der Waals surface area contributed by atoms with E-state index in [-0.39, 0.29) is 0 Å². The second-order valence-corrected chi connectivity index (χ2v) is 12.4. The summed E-state index contributed by atoms with van der Waals surface area (Å²) in [6.45, 7) is 0. The van der Waals surface area contributed by atoms with E-state index in [0.29, 0.717) is 0 Å². The summed E-state index contributed by atoms with van der Waals surface area (Å²) in [5.41, 5.74) is 7.23. The van der Waals surface area contributed by atoms with E-state index in [1.807, 2.05) is 0 Å². The molecule has 10 rings (SSSR count). The van der Waals surface area contributed by atoms with Gasteiger partial charge in [-0.15, -0.1) is 0 Å². The highest BCUT2D eigenvalue weighted by atomic mass is 15.1. The molecule has 45 heavy (non-hydrogen) atoms. The summed E-state index contributed by atoms with van der Waals surface area (Å²) in [5.74, 6) is 0. The van der Waals surface area contributed by atoms with Crippen molar-refractivity contribution in [2.45, 2.75) is 5.41 Å². The summed E-state index contributed by atoms with van der Waals surface area (Å²) in [7, 11) is 2.22. The molecule has 0 saturated heterocycles. The van der Waals surface area contributed by atoms with Gasteiger partial charge in [0.15, 0.2) is 0 Å². The minimum atomic E-state index is -0.492.